The number of likely N-dealkylation sites (tertiary alicyclic amines) is 1. The Morgan fingerprint density at radius 3 is 2.62 bits per heavy atom. The molecule has 5 nitrogen and oxygen atoms in total. The number of aliphatic carboxylic acids is 1. The number of fused-ring (bicyclic) bond motifs is 1. The summed E-state index contributed by atoms with van der Waals surface area (Å²) in [5.74, 6) is 0.0507. The standard InChI is InChI=1S/C15H26BNO4/c1-3-5-15(16-20-6-7-21-16)13-9-11(14(18)19)8-12(13)10-17(15)4-2/h11-13H,3-10H2,1-2H3,(H,18,19). The molecule has 4 unspecified atom stereocenters. The van der Waals surface area contributed by atoms with Crippen molar-refractivity contribution in [3.8, 4) is 0 Å². The molecule has 0 radical (unpaired) electrons. The van der Waals surface area contributed by atoms with Crippen LogP contribution in [0.25, 0.3) is 0 Å². The molecule has 0 spiro atoms. The Morgan fingerprint density at radius 2 is 2.05 bits per heavy atom. The van der Waals surface area contributed by atoms with E-state index in [9.17, 15) is 9.90 Å². The quantitative estimate of drug-likeness (QED) is 0.782. The van der Waals surface area contributed by atoms with Gasteiger partial charge in [-0.05, 0) is 37.6 Å². The summed E-state index contributed by atoms with van der Waals surface area (Å²) in [4.78, 5) is 13.9. The van der Waals surface area contributed by atoms with E-state index in [0.29, 0.717) is 25.0 Å². The molecule has 1 saturated carbocycles. The molecule has 0 aromatic heterocycles. The fourth-order valence-corrected chi connectivity index (χ4v) is 5.08. The fourth-order valence-electron chi connectivity index (χ4n) is 5.08. The van der Waals surface area contributed by atoms with E-state index in [1.165, 1.54) is 0 Å². The molecule has 6 heteroatoms. The van der Waals surface area contributed by atoms with Gasteiger partial charge in [-0.15, -0.1) is 0 Å². The van der Waals surface area contributed by atoms with Gasteiger partial charge in [0.05, 0.1) is 24.6 Å². The second-order valence-electron chi connectivity index (χ2n) is 6.73. The van der Waals surface area contributed by atoms with E-state index >= 15 is 0 Å². The van der Waals surface area contributed by atoms with Crippen LogP contribution in [0.5, 0.6) is 0 Å². The van der Waals surface area contributed by atoms with Gasteiger partial charge < -0.3 is 14.4 Å². The minimum absolute atomic E-state index is 0.116. The molecule has 3 aliphatic rings. The Hall–Kier alpha value is -0.585. The molecule has 0 amide bonds. The summed E-state index contributed by atoms with van der Waals surface area (Å²) in [6.07, 6.45) is 3.69. The van der Waals surface area contributed by atoms with Gasteiger partial charge in [0.15, 0.2) is 0 Å². The van der Waals surface area contributed by atoms with E-state index in [0.717, 1.165) is 38.8 Å². The van der Waals surface area contributed by atoms with Crippen molar-refractivity contribution in [1.29, 1.82) is 0 Å². The smallest absolute Gasteiger partial charge is 0.479 e. The molecule has 1 N–H and O–H groups in total. The first-order valence-corrected chi connectivity index (χ1v) is 8.34. The molecule has 0 aromatic carbocycles. The number of hydrogen-bond donors (Lipinski definition) is 1. The molecule has 4 atom stereocenters. The van der Waals surface area contributed by atoms with Gasteiger partial charge in [-0.25, -0.2) is 0 Å². The van der Waals surface area contributed by atoms with E-state index in [2.05, 4.69) is 18.7 Å². The van der Waals surface area contributed by atoms with Gasteiger partial charge in [-0.3, -0.25) is 9.69 Å². The van der Waals surface area contributed by atoms with Crippen molar-refractivity contribution in [2.45, 2.75) is 45.0 Å². The third-order valence-corrected chi connectivity index (χ3v) is 5.79. The van der Waals surface area contributed by atoms with Crippen LogP contribution in [0.3, 0.4) is 0 Å². The number of nitrogens with zero attached hydrogens (tertiary/aromatic N) is 1. The predicted octanol–water partition coefficient (Wildman–Crippen LogP) is 1.66. The Kier molecular flexibility index (Phi) is 4.30. The molecule has 1 aliphatic carbocycles. The summed E-state index contributed by atoms with van der Waals surface area (Å²) in [7, 11) is -0.181. The maximum absolute atomic E-state index is 11.4. The Labute approximate surface area is 127 Å². The molecule has 2 aliphatic heterocycles. The first-order valence-electron chi connectivity index (χ1n) is 8.34. The van der Waals surface area contributed by atoms with Crippen molar-refractivity contribution in [3.05, 3.63) is 0 Å². The largest absolute Gasteiger partial charge is 0.481 e. The van der Waals surface area contributed by atoms with Crippen LogP contribution in [0, 0.1) is 17.8 Å². The van der Waals surface area contributed by atoms with Gasteiger partial charge in [0.2, 0.25) is 0 Å². The SMILES string of the molecule is CCCC1(B2OCCO2)C2CC(C(=O)O)CC2CN1CC. The highest BCUT2D eigenvalue weighted by Gasteiger charge is 2.64. The Morgan fingerprint density at radius 1 is 1.33 bits per heavy atom. The predicted molar refractivity (Wildman–Crippen MR) is 79.9 cm³/mol. The number of carboxylic acids is 1. The summed E-state index contributed by atoms with van der Waals surface area (Å²) in [5, 5.41) is 9.38. The van der Waals surface area contributed by atoms with Gasteiger partial charge in [0, 0.05) is 6.54 Å². The van der Waals surface area contributed by atoms with Crippen LogP contribution in [0.15, 0.2) is 0 Å². The number of rotatable bonds is 5. The highest BCUT2D eigenvalue weighted by atomic mass is 16.6. The number of carboxylic acid groups (broad SMARTS) is 1. The zero-order chi connectivity index (χ0) is 15.0. The van der Waals surface area contributed by atoms with Crippen molar-refractivity contribution in [2.24, 2.45) is 17.8 Å². The number of carbonyl (C=O) groups is 1. The topological polar surface area (TPSA) is 59.0 Å². The average Bonchev–Trinajstić information content (AvgIpc) is 3.14. The van der Waals surface area contributed by atoms with Gasteiger partial charge >= 0.3 is 13.1 Å². The van der Waals surface area contributed by atoms with Crippen LogP contribution in [-0.2, 0) is 14.1 Å². The molecule has 0 aromatic rings. The second kappa shape index (κ2) is 5.90. The normalized spacial score (nSPS) is 39.9. The van der Waals surface area contributed by atoms with Crippen LogP contribution in [-0.4, -0.2) is 54.8 Å². The lowest BCUT2D eigenvalue weighted by atomic mass is 9.55. The summed E-state index contributed by atoms with van der Waals surface area (Å²) >= 11 is 0. The van der Waals surface area contributed by atoms with Crippen molar-refractivity contribution in [3.63, 3.8) is 0 Å². The molecular formula is C15H26BNO4. The molecule has 118 valence electrons. The molecular weight excluding hydrogens is 269 g/mol. The van der Waals surface area contributed by atoms with Crippen LogP contribution in [0.1, 0.15) is 39.5 Å². The lowest BCUT2D eigenvalue weighted by Crippen LogP contribution is -2.60. The van der Waals surface area contributed by atoms with E-state index in [1.807, 2.05) is 0 Å². The molecule has 0 bridgehead atoms. The lowest BCUT2D eigenvalue weighted by molar-refractivity contribution is -0.141. The maximum Gasteiger partial charge on any atom is 0.479 e. The van der Waals surface area contributed by atoms with Gasteiger partial charge in [0.1, 0.15) is 0 Å². The van der Waals surface area contributed by atoms with Gasteiger partial charge in [-0.1, -0.05) is 20.3 Å². The van der Waals surface area contributed by atoms with E-state index in [1.54, 1.807) is 0 Å². The van der Waals surface area contributed by atoms with Crippen LogP contribution < -0.4 is 0 Å². The number of hydrogen-bond acceptors (Lipinski definition) is 4. The second-order valence-corrected chi connectivity index (χ2v) is 6.73. The minimum Gasteiger partial charge on any atom is -0.481 e. The first kappa shape index (κ1) is 15.3. The van der Waals surface area contributed by atoms with Crippen molar-refractivity contribution in [1.82, 2.24) is 4.90 Å². The van der Waals surface area contributed by atoms with Crippen LogP contribution >= 0.6 is 0 Å². The summed E-state index contributed by atoms with van der Waals surface area (Å²) in [5.41, 5.74) is -0.116. The maximum atomic E-state index is 11.4. The molecule has 21 heavy (non-hydrogen) atoms. The zero-order valence-electron chi connectivity index (χ0n) is 13.1. The molecule has 2 saturated heterocycles. The van der Waals surface area contributed by atoms with Gasteiger partial charge in [0.25, 0.3) is 0 Å². The summed E-state index contributed by atoms with van der Waals surface area (Å²) in [6, 6.07) is 0. The van der Waals surface area contributed by atoms with Crippen LogP contribution in [0.4, 0.5) is 0 Å². The van der Waals surface area contributed by atoms with E-state index in [4.69, 9.17) is 9.31 Å². The zero-order valence-corrected chi connectivity index (χ0v) is 13.1. The summed E-state index contributed by atoms with van der Waals surface area (Å²) < 4.78 is 11.8. The highest BCUT2D eigenvalue weighted by Crippen LogP contribution is 2.53. The third-order valence-electron chi connectivity index (χ3n) is 5.79. The van der Waals surface area contributed by atoms with E-state index < -0.39 is 5.97 Å². The molecule has 3 fully saturated rings. The molecule has 3 rings (SSSR count). The van der Waals surface area contributed by atoms with Crippen molar-refractivity contribution >= 4 is 13.1 Å². The minimum atomic E-state index is -0.633. The Balaban J connectivity index is 1.91. The highest BCUT2D eigenvalue weighted by molar-refractivity contribution is 6.49. The molecule has 2 heterocycles. The van der Waals surface area contributed by atoms with Crippen LogP contribution in [0.2, 0.25) is 0 Å². The lowest BCUT2D eigenvalue weighted by Gasteiger charge is -2.43. The summed E-state index contributed by atoms with van der Waals surface area (Å²) in [6.45, 7) is 7.68. The van der Waals surface area contributed by atoms with E-state index in [-0.39, 0.29) is 18.5 Å². The van der Waals surface area contributed by atoms with Gasteiger partial charge in [-0.2, -0.15) is 0 Å². The Bertz CT molecular complexity index is 397. The third kappa shape index (κ3) is 2.32. The average molecular weight is 295 g/mol. The monoisotopic (exact) mass is 295 g/mol. The van der Waals surface area contributed by atoms with Crippen molar-refractivity contribution in [2.75, 3.05) is 26.3 Å². The van der Waals surface area contributed by atoms with Crippen molar-refractivity contribution < 1.29 is 19.2 Å². The first-order chi connectivity index (χ1) is 10.1. The fraction of sp³-hybridized carbons (Fsp3) is 0.933.